The Morgan fingerprint density at radius 2 is 1.76 bits per heavy atom. The van der Waals surface area contributed by atoms with Crippen molar-refractivity contribution in [3.05, 3.63) is 54.4 Å². The summed E-state index contributed by atoms with van der Waals surface area (Å²) in [5.74, 6) is 1.46. The van der Waals surface area contributed by atoms with Crippen LogP contribution in [0.15, 0.2) is 43.0 Å². The fraction of sp³-hybridized carbons (Fsp3) is 0.348. The molecule has 0 spiro atoms. The number of methoxy groups -OCH3 is 3. The van der Waals surface area contributed by atoms with E-state index in [-0.39, 0.29) is 5.95 Å². The molecule has 0 aliphatic rings. The van der Waals surface area contributed by atoms with Crippen molar-refractivity contribution in [1.29, 1.82) is 0 Å². The second kappa shape index (κ2) is 10.5. The summed E-state index contributed by atoms with van der Waals surface area (Å²) in [6.07, 6.45) is 3.76. The summed E-state index contributed by atoms with van der Waals surface area (Å²) in [4.78, 5) is 8.40. The number of aryl methyl sites for hydroxylation is 2. The van der Waals surface area contributed by atoms with Gasteiger partial charge in [-0.2, -0.15) is 5.10 Å². The molecule has 196 valence electrons. The summed E-state index contributed by atoms with van der Waals surface area (Å²) >= 11 is 0. The van der Waals surface area contributed by atoms with E-state index in [1.54, 1.807) is 37.6 Å². The molecule has 0 radical (unpaired) electrons. The van der Waals surface area contributed by atoms with E-state index in [0.29, 0.717) is 34.4 Å². The third-order valence-corrected chi connectivity index (χ3v) is 7.52. The number of aromatic nitrogens is 7. The van der Waals surface area contributed by atoms with E-state index in [1.807, 2.05) is 13.0 Å². The Balaban J connectivity index is 1.87. The first-order valence-corrected chi connectivity index (χ1v) is 12.7. The molecule has 14 heteroatoms. The summed E-state index contributed by atoms with van der Waals surface area (Å²) in [7, 11) is 2.00. The van der Waals surface area contributed by atoms with Crippen LogP contribution >= 0.6 is 0 Å². The normalized spacial score (nSPS) is 13.2. The summed E-state index contributed by atoms with van der Waals surface area (Å²) in [6, 6.07) is 7.08. The van der Waals surface area contributed by atoms with Crippen LogP contribution in [-0.2, 0) is 21.8 Å². The molecule has 0 aliphatic heterocycles. The number of nitrogens with zero attached hydrogens (tertiary/aromatic N) is 7. The lowest BCUT2D eigenvalue weighted by Crippen LogP contribution is -2.34. The predicted octanol–water partition coefficient (Wildman–Crippen LogP) is 2.30. The predicted molar refractivity (Wildman–Crippen MR) is 135 cm³/mol. The highest BCUT2D eigenvalue weighted by Crippen LogP contribution is 2.38. The maximum atomic E-state index is 13.6. The van der Waals surface area contributed by atoms with Crippen molar-refractivity contribution in [3.8, 4) is 28.6 Å². The fourth-order valence-corrected chi connectivity index (χ4v) is 5.06. The van der Waals surface area contributed by atoms with Crippen molar-refractivity contribution in [2.45, 2.75) is 25.2 Å². The maximum absolute atomic E-state index is 13.6. The highest BCUT2D eigenvalue weighted by atomic mass is 32.2. The van der Waals surface area contributed by atoms with E-state index in [4.69, 9.17) is 14.2 Å². The van der Waals surface area contributed by atoms with Gasteiger partial charge in [-0.3, -0.25) is 19.0 Å². The molecule has 0 bridgehead atoms. The zero-order chi connectivity index (χ0) is 26.7. The van der Waals surface area contributed by atoms with Crippen LogP contribution in [0.1, 0.15) is 24.4 Å². The molecule has 1 aromatic carbocycles. The Kier molecular flexibility index (Phi) is 7.40. The van der Waals surface area contributed by atoms with Crippen LogP contribution in [0.2, 0.25) is 0 Å². The van der Waals surface area contributed by atoms with Crippen LogP contribution in [0.25, 0.3) is 17.1 Å². The molecule has 3 heterocycles. The quantitative estimate of drug-likeness (QED) is 0.325. The van der Waals surface area contributed by atoms with Gasteiger partial charge in [0.25, 0.3) is 0 Å². The van der Waals surface area contributed by atoms with Gasteiger partial charge in [0.2, 0.25) is 16.0 Å². The summed E-state index contributed by atoms with van der Waals surface area (Å²) in [5.41, 5.74) is 1.92. The van der Waals surface area contributed by atoms with Crippen molar-refractivity contribution in [2.24, 2.45) is 7.05 Å². The van der Waals surface area contributed by atoms with E-state index in [2.05, 4.69) is 30.0 Å². The van der Waals surface area contributed by atoms with Gasteiger partial charge in [0.1, 0.15) is 34.9 Å². The van der Waals surface area contributed by atoms with Crippen LogP contribution < -0.4 is 14.2 Å². The van der Waals surface area contributed by atoms with Gasteiger partial charge in [0.05, 0.1) is 14.2 Å². The highest BCUT2D eigenvalue weighted by molar-refractivity contribution is 7.93. The molecule has 0 amide bonds. The molecule has 3 aromatic heterocycles. The van der Waals surface area contributed by atoms with Crippen molar-refractivity contribution in [2.75, 3.05) is 26.1 Å². The first-order valence-electron chi connectivity index (χ1n) is 11.2. The lowest BCUT2D eigenvalue weighted by atomic mass is 10.2. The number of pyridine rings is 1. The van der Waals surface area contributed by atoms with Gasteiger partial charge in [-0.05, 0) is 37.6 Å². The zero-order valence-electron chi connectivity index (χ0n) is 21.3. The minimum Gasteiger partial charge on any atom is -0.494 e. The van der Waals surface area contributed by atoms with E-state index in [0.717, 1.165) is 5.56 Å². The van der Waals surface area contributed by atoms with Crippen LogP contribution in [0.4, 0.5) is 5.95 Å². The Morgan fingerprint density at radius 1 is 1.05 bits per heavy atom. The average molecular weight is 529 g/mol. The smallest absolute Gasteiger partial charge is 0.243 e. The van der Waals surface area contributed by atoms with Crippen molar-refractivity contribution >= 4 is 16.0 Å². The molecule has 0 aliphatic carbocycles. The molecule has 2 unspecified atom stereocenters. The summed E-state index contributed by atoms with van der Waals surface area (Å²) in [5, 5.41) is 11.4. The van der Waals surface area contributed by atoms with Crippen LogP contribution in [0.5, 0.6) is 11.5 Å². The topological polar surface area (TPSA) is 148 Å². The Hall–Kier alpha value is -4.04. The molecule has 0 saturated heterocycles. The molecule has 0 fully saturated rings. The molecule has 4 aromatic rings. The maximum Gasteiger partial charge on any atom is 0.243 e. The standard InChI is InChI=1S/C23H28N8O5S/c1-14-10-16(12-24-11-14)21-27-28-23(31(21)19-17(34-4)8-7-9-18(19)35-5)29-37(32,33)15(2)20(36-6)22-25-13-26-30(22)3/h7-13,15,20H,1-6H3,(H,28,29). The molecule has 13 nitrogen and oxygen atoms in total. The third kappa shape index (κ3) is 4.97. The second-order valence-corrected chi connectivity index (χ2v) is 10.2. The molecule has 2 atom stereocenters. The number of sulfonamides is 1. The Bertz CT molecular complexity index is 1480. The van der Waals surface area contributed by atoms with Crippen molar-refractivity contribution < 1.29 is 22.6 Å². The van der Waals surface area contributed by atoms with Crippen LogP contribution in [0.3, 0.4) is 0 Å². The first-order chi connectivity index (χ1) is 17.7. The van der Waals surface area contributed by atoms with Gasteiger partial charge < -0.3 is 14.2 Å². The third-order valence-electron chi connectivity index (χ3n) is 5.83. The number of anilines is 1. The van der Waals surface area contributed by atoms with E-state index < -0.39 is 21.4 Å². The molecule has 0 saturated carbocycles. The van der Waals surface area contributed by atoms with Crippen LogP contribution in [-0.4, -0.2) is 69.5 Å². The minimum atomic E-state index is -4.09. The number of benzene rings is 1. The lowest BCUT2D eigenvalue weighted by Gasteiger charge is -2.23. The molecular formula is C23H28N8O5S. The molecule has 4 rings (SSSR count). The van der Waals surface area contributed by atoms with Gasteiger partial charge in [0.15, 0.2) is 11.6 Å². The first kappa shape index (κ1) is 26.0. The molecule has 37 heavy (non-hydrogen) atoms. The van der Waals surface area contributed by atoms with Gasteiger partial charge in [0, 0.05) is 32.1 Å². The zero-order valence-corrected chi connectivity index (χ0v) is 22.1. The van der Waals surface area contributed by atoms with Crippen LogP contribution in [0, 0.1) is 6.92 Å². The number of rotatable bonds is 10. The molecule has 1 N–H and O–H groups in total. The SMILES string of the molecule is COc1cccc(OC)c1-n1c(NS(=O)(=O)C(C)C(OC)c2ncnn2C)nnc1-c1cncc(C)c1. The largest absolute Gasteiger partial charge is 0.494 e. The summed E-state index contributed by atoms with van der Waals surface area (Å²) < 4.78 is 49.4. The van der Waals surface area contributed by atoms with Gasteiger partial charge in [-0.15, -0.1) is 10.2 Å². The second-order valence-electron chi connectivity index (χ2n) is 8.20. The number of nitrogens with one attached hydrogen (secondary N) is 1. The number of para-hydroxylation sites is 1. The molecular weight excluding hydrogens is 500 g/mol. The Morgan fingerprint density at radius 3 is 2.32 bits per heavy atom. The fourth-order valence-electron chi connectivity index (χ4n) is 3.93. The minimum absolute atomic E-state index is 0.0704. The average Bonchev–Trinajstić information content (AvgIpc) is 3.49. The van der Waals surface area contributed by atoms with E-state index >= 15 is 0 Å². The number of hydrogen-bond acceptors (Lipinski definition) is 10. The van der Waals surface area contributed by atoms with Gasteiger partial charge in [-0.25, -0.2) is 13.4 Å². The van der Waals surface area contributed by atoms with E-state index in [1.165, 1.54) is 43.8 Å². The van der Waals surface area contributed by atoms with E-state index in [9.17, 15) is 8.42 Å². The Labute approximate surface area is 214 Å². The monoisotopic (exact) mass is 528 g/mol. The lowest BCUT2D eigenvalue weighted by molar-refractivity contribution is 0.0918. The highest BCUT2D eigenvalue weighted by Gasteiger charge is 2.35. The number of hydrogen-bond donors (Lipinski definition) is 1. The summed E-state index contributed by atoms with van der Waals surface area (Å²) in [6.45, 7) is 3.41. The number of ether oxygens (including phenoxy) is 3. The van der Waals surface area contributed by atoms with Crippen molar-refractivity contribution in [3.63, 3.8) is 0 Å². The van der Waals surface area contributed by atoms with Gasteiger partial charge in [-0.1, -0.05) is 6.07 Å². The van der Waals surface area contributed by atoms with Crippen molar-refractivity contribution in [1.82, 2.24) is 34.5 Å². The van der Waals surface area contributed by atoms with Gasteiger partial charge >= 0.3 is 0 Å².